The van der Waals surface area contributed by atoms with Gasteiger partial charge in [0.1, 0.15) is 0 Å². The average molecular weight is 225 g/mol. The molecule has 0 bridgehead atoms. The summed E-state index contributed by atoms with van der Waals surface area (Å²) in [6.07, 6.45) is 1.79. The van der Waals surface area contributed by atoms with Crippen molar-refractivity contribution in [3.63, 3.8) is 0 Å². The zero-order chi connectivity index (χ0) is 9.80. The van der Waals surface area contributed by atoms with E-state index in [2.05, 4.69) is 10.3 Å². The second-order valence-electron chi connectivity index (χ2n) is 2.76. The Kier molecular flexibility index (Phi) is 3.01. The Morgan fingerprint density at radius 1 is 1.29 bits per heavy atom. The number of alkyl halides is 1. The van der Waals surface area contributed by atoms with Gasteiger partial charge in [0.2, 0.25) is 0 Å². The summed E-state index contributed by atoms with van der Waals surface area (Å²) in [5.41, 5.74) is 1.04. The van der Waals surface area contributed by atoms with Gasteiger partial charge in [-0.25, -0.2) is 4.98 Å². The number of aromatic nitrogens is 1. The molecule has 2 nitrogen and oxygen atoms in total. The fraction of sp³-hybridized carbons (Fsp3) is 0.100. The predicted molar refractivity (Wildman–Crippen MR) is 61.4 cm³/mol. The maximum Gasteiger partial charge on any atom is 0.187 e. The Morgan fingerprint density at radius 2 is 2.07 bits per heavy atom. The number of thiazole rings is 1. The molecule has 0 aliphatic rings. The van der Waals surface area contributed by atoms with E-state index in [0.717, 1.165) is 15.7 Å². The zero-order valence-electron chi connectivity index (χ0n) is 7.40. The molecule has 0 aliphatic heterocycles. The minimum absolute atomic E-state index is 0.522. The second kappa shape index (κ2) is 4.44. The number of anilines is 2. The molecule has 2 aromatic rings. The SMILES string of the molecule is ClCc1cnc(Nc2ccccc2)s1. The van der Waals surface area contributed by atoms with Crippen LogP contribution in [0, 0.1) is 0 Å². The Balaban J connectivity index is 2.11. The van der Waals surface area contributed by atoms with Crippen LogP contribution in [0.4, 0.5) is 10.8 Å². The lowest BCUT2D eigenvalue weighted by Crippen LogP contribution is -1.87. The van der Waals surface area contributed by atoms with Crippen molar-refractivity contribution in [3.8, 4) is 0 Å². The standard InChI is InChI=1S/C10H9ClN2S/c11-6-9-7-12-10(14-9)13-8-4-2-1-3-5-8/h1-5,7H,6H2,(H,12,13). The molecule has 14 heavy (non-hydrogen) atoms. The number of halogens is 1. The normalized spacial score (nSPS) is 10.1. The highest BCUT2D eigenvalue weighted by Gasteiger charge is 2.00. The van der Waals surface area contributed by atoms with Crippen LogP contribution in [0.3, 0.4) is 0 Å². The van der Waals surface area contributed by atoms with Crippen molar-refractivity contribution in [3.05, 3.63) is 41.4 Å². The molecule has 1 N–H and O–H groups in total. The molecule has 0 saturated heterocycles. The summed E-state index contributed by atoms with van der Waals surface area (Å²) in [6.45, 7) is 0. The van der Waals surface area contributed by atoms with E-state index >= 15 is 0 Å². The molecule has 1 aromatic heterocycles. The lowest BCUT2D eigenvalue weighted by atomic mass is 10.3. The summed E-state index contributed by atoms with van der Waals surface area (Å²) < 4.78 is 0. The molecule has 0 unspecified atom stereocenters. The van der Waals surface area contributed by atoms with Gasteiger partial charge in [-0.15, -0.1) is 22.9 Å². The number of nitrogens with zero attached hydrogens (tertiary/aromatic N) is 1. The van der Waals surface area contributed by atoms with Crippen molar-refractivity contribution in [2.75, 3.05) is 5.32 Å². The fourth-order valence-corrected chi connectivity index (χ4v) is 1.99. The van der Waals surface area contributed by atoms with Gasteiger partial charge in [-0.3, -0.25) is 0 Å². The minimum atomic E-state index is 0.522. The Bertz CT molecular complexity index is 400. The first kappa shape index (κ1) is 9.49. The van der Waals surface area contributed by atoms with E-state index in [4.69, 9.17) is 11.6 Å². The summed E-state index contributed by atoms with van der Waals surface area (Å²) in [4.78, 5) is 5.28. The molecule has 0 fully saturated rings. The third-order valence-electron chi connectivity index (χ3n) is 1.71. The van der Waals surface area contributed by atoms with E-state index in [-0.39, 0.29) is 0 Å². The van der Waals surface area contributed by atoms with E-state index in [9.17, 15) is 0 Å². The van der Waals surface area contributed by atoms with Gasteiger partial charge in [-0.05, 0) is 12.1 Å². The number of rotatable bonds is 3. The number of nitrogens with one attached hydrogen (secondary N) is 1. The first-order valence-corrected chi connectivity index (χ1v) is 5.56. The van der Waals surface area contributed by atoms with E-state index in [1.165, 1.54) is 0 Å². The van der Waals surface area contributed by atoms with Gasteiger partial charge in [0.05, 0.1) is 5.88 Å². The van der Waals surface area contributed by atoms with Crippen LogP contribution in [0.1, 0.15) is 4.88 Å². The molecule has 0 saturated carbocycles. The lowest BCUT2D eigenvalue weighted by Gasteiger charge is -1.99. The molecule has 0 aliphatic carbocycles. The van der Waals surface area contributed by atoms with Crippen molar-refractivity contribution < 1.29 is 0 Å². The smallest absolute Gasteiger partial charge is 0.187 e. The third kappa shape index (κ3) is 2.25. The molecule has 4 heteroatoms. The van der Waals surface area contributed by atoms with E-state index in [0.29, 0.717) is 5.88 Å². The number of hydrogen-bond acceptors (Lipinski definition) is 3. The largest absolute Gasteiger partial charge is 0.332 e. The molecule has 0 radical (unpaired) electrons. The molecular formula is C10H9ClN2S. The summed E-state index contributed by atoms with van der Waals surface area (Å²) in [7, 11) is 0. The third-order valence-corrected chi connectivity index (χ3v) is 3.07. The minimum Gasteiger partial charge on any atom is -0.332 e. The van der Waals surface area contributed by atoms with Crippen LogP contribution in [0.25, 0.3) is 0 Å². The number of hydrogen-bond donors (Lipinski definition) is 1. The Hall–Kier alpha value is -1.06. The quantitative estimate of drug-likeness (QED) is 0.806. The fourth-order valence-electron chi connectivity index (χ4n) is 1.07. The highest BCUT2D eigenvalue weighted by Crippen LogP contribution is 2.23. The molecule has 0 amide bonds. The molecule has 1 aromatic carbocycles. The second-order valence-corrected chi connectivity index (χ2v) is 4.14. The highest BCUT2D eigenvalue weighted by molar-refractivity contribution is 7.15. The average Bonchev–Trinajstić information content (AvgIpc) is 2.67. The Morgan fingerprint density at radius 3 is 2.71 bits per heavy atom. The maximum atomic E-state index is 5.69. The number of benzene rings is 1. The van der Waals surface area contributed by atoms with Crippen LogP contribution in [-0.4, -0.2) is 4.98 Å². The van der Waals surface area contributed by atoms with Crippen molar-refractivity contribution in [1.29, 1.82) is 0 Å². The molecule has 0 atom stereocenters. The predicted octanol–water partition coefficient (Wildman–Crippen LogP) is 3.63. The van der Waals surface area contributed by atoms with Crippen LogP contribution >= 0.6 is 22.9 Å². The van der Waals surface area contributed by atoms with E-state index < -0.39 is 0 Å². The summed E-state index contributed by atoms with van der Waals surface area (Å²) in [5.74, 6) is 0.522. The van der Waals surface area contributed by atoms with Crippen LogP contribution in [0.5, 0.6) is 0 Å². The summed E-state index contributed by atoms with van der Waals surface area (Å²) >= 11 is 7.26. The maximum absolute atomic E-state index is 5.69. The van der Waals surface area contributed by atoms with Gasteiger partial charge in [-0.2, -0.15) is 0 Å². The Labute approximate surface area is 91.6 Å². The van der Waals surface area contributed by atoms with Gasteiger partial charge in [0.25, 0.3) is 0 Å². The van der Waals surface area contributed by atoms with Crippen LogP contribution in [0.2, 0.25) is 0 Å². The van der Waals surface area contributed by atoms with Crippen molar-refractivity contribution in [1.82, 2.24) is 4.98 Å². The summed E-state index contributed by atoms with van der Waals surface area (Å²) in [5, 5.41) is 4.09. The summed E-state index contributed by atoms with van der Waals surface area (Å²) in [6, 6.07) is 9.96. The van der Waals surface area contributed by atoms with Gasteiger partial charge in [0, 0.05) is 16.8 Å². The van der Waals surface area contributed by atoms with Crippen molar-refractivity contribution in [2.24, 2.45) is 0 Å². The van der Waals surface area contributed by atoms with E-state index in [1.54, 1.807) is 17.5 Å². The highest BCUT2D eigenvalue weighted by atomic mass is 35.5. The molecule has 1 heterocycles. The monoisotopic (exact) mass is 224 g/mol. The van der Waals surface area contributed by atoms with Crippen molar-refractivity contribution >= 4 is 33.8 Å². The lowest BCUT2D eigenvalue weighted by molar-refractivity contribution is 1.35. The molecule has 0 spiro atoms. The van der Waals surface area contributed by atoms with Crippen LogP contribution in [0.15, 0.2) is 36.5 Å². The van der Waals surface area contributed by atoms with Gasteiger partial charge >= 0.3 is 0 Å². The first-order valence-electron chi connectivity index (χ1n) is 4.21. The zero-order valence-corrected chi connectivity index (χ0v) is 8.98. The first-order chi connectivity index (χ1) is 6.88. The van der Waals surface area contributed by atoms with Gasteiger partial charge in [-0.1, -0.05) is 18.2 Å². The van der Waals surface area contributed by atoms with Gasteiger partial charge < -0.3 is 5.32 Å². The molecule has 72 valence electrons. The molecule has 2 rings (SSSR count). The van der Waals surface area contributed by atoms with Crippen LogP contribution in [-0.2, 0) is 5.88 Å². The van der Waals surface area contributed by atoms with E-state index in [1.807, 2.05) is 30.3 Å². The van der Waals surface area contributed by atoms with Crippen molar-refractivity contribution in [2.45, 2.75) is 5.88 Å². The van der Waals surface area contributed by atoms with Crippen LogP contribution < -0.4 is 5.32 Å². The topological polar surface area (TPSA) is 24.9 Å². The van der Waals surface area contributed by atoms with Gasteiger partial charge in [0.15, 0.2) is 5.13 Å². The number of para-hydroxylation sites is 1. The molecular weight excluding hydrogens is 216 g/mol.